The summed E-state index contributed by atoms with van der Waals surface area (Å²) in [4.78, 5) is 29.2. The largest absolute Gasteiger partial charge is 0.238 e. The molecule has 0 spiro atoms. The Morgan fingerprint density at radius 2 is 1.70 bits per heavy atom. The number of rotatable bonds is 2. The standard InChI is InChI=1S/C16H12N2O2/c1-10-7-16(17-8-19,18-9-20)15-13-6-4-3-5-12(13)14(15)11(10)2/h3-7,11H,1-2H3. The maximum Gasteiger partial charge on any atom is 0.238 e. The second-order valence-corrected chi connectivity index (χ2v) is 5.08. The normalized spacial score (nSPS) is 26.3. The van der Waals surface area contributed by atoms with Crippen LogP contribution in [0.2, 0.25) is 0 Å². The molecule has 0 aliphatic heterocycles. The van der Waals surface area contributed by atoms with Gasteiger partial charge in [0.15, 0.2) is 0 Å². The van der Waals surface area contributed by atoms with Gasteiger partial charge < -0.3 is 0 Å². The Bertz CT molecular complexity index is 742. The van der Waals surface area contributed by atoms with E-state index >= 15 is 0 Å². The van der Waals surface area contributed by atoms with E-state index in [2.05, 4.69) is 16.9 Å². The van der Waals surface area contributed by atoms with Gasteiger partial charge in [-0.05, 0) is 29.7 Å². The van der Waals surface area contributed by atoms with Crippen LogP contribution >= 0.6 is 0 Å². The molecule has 4 heteroatoms. The molecule has 98 valence electrons. The van der Waals surface area contributed by atoms with Crippen molar-refractivity contribution in [1.82, 2.24) is 0 Å². The van der Waals surface area contributed by atoms with Gasteiger partial charge in [-0.25, -0.2) is 9.59 Å². The van der Waals surface area contributed by atoms with E-state index in [1.165, 1.54) is 12.2 Å². The van der Waals surface area contributed by atoms with Crippen molar-refractivity contribution in [1.29, 1.82) is 0 Å². The molecule has 0 N–H and O–H groups in total. The van der Waals surface area contributed by atoms with E-state index in [-0.39, 0.29) is 5.92 Å². The van der Waals surface area contributed by atoms with Crippen LogP contribution < -0.4 is 0 Å². The van der Waals surface area contributed by atoms with Crippen LogP contribution in [0.25, 0.3) is 11.1 Å². The van der Waals surface area contributed by atoms with Gasteiger partial charge in [-0.3, -0.25) is 0 Å². The van der Waals surface area contributed by atoms with E-state index in [0.29, 0.717) is 0 Å². The Hall–Kier alpha value is -2.54. The molecule has 0 radical (unpaired) electrons. The first-order valence-electron chi connectivity index (χ1n) is 6.36. The zero-order valence-corrected chi connectivity index (χ0v) is 11.2. The molecular weight excluding hydrogens is 252 g/mol. The summed E-state index contributed by atoms with van der Waals surface area (Å²) >= 11 is 0. The summed E-state index contributed by atoms with van der Waals surface area (Å²) in [5.41, 5.74) is 3.77. The molecule has 1 aromatic rings. The third-order valence-electron chi connectivity index (χ3n) is 4.10. The highest BCUT2D eigenvalue weighted by atomic mass is 16.1. The Morgan fingerprint density at radius 1 is 1.10 bits per heavy atom. The van der Waals surface area contributed by atoms with E-state index < -0.39 is 5.66 Å². The second-order valence-electron chi connectivity index (χ2n) is 5.08. The molecule has 0 bridgehead atoms. The fraction of sp³-hybridized carbons (Fsp3) is 0.250. The fourth-order valence-electron chi connectivity index (χ4n) is 3.08. The van der Waals surface area contributed by atoms with Crippen molar-refractivity contribution in [2.24, 2.45) is 15.9 Å². The molecule has 2 aliphatic carbocycles. The lowest BCUT2D eigenvalue weighted by atomic mass is 9.65. The highest BCUT2D eigenvalue weighted by Crippen LogP contribution is 2.56. The van der Waals surface area contributed by atoms with Crippen LogP contribution in [0.4, 0.5) is 0 Å². The molecule has 20 heavy (non-hydrogen) atoms. The third kappa shape index (κ3) is 1.44. The predicted molar refractivity (Wildman–Crippen MR) is 75.2 cm³/mol. The number of isocyanates is 2. The van der Waals surface area contributed by atoms with Crippen LogP contribution in [0.5, 0.6) is 0 Å². The Balaban J connectivity index is 2.31. The highest BCUT2D eigenvalue weighted by Gasteiger charge is 2.46. The summed E-state index contributed by atoms with van der Waals surface area (Å²) in [6.07, 6.45) is 4.83. The van der Waals surface area contributed by atoms with E-state index in [4.69, 9.17) is 0 Å². The van der Waals surface area contributed by atoms with Crippen LogP contribution in [0.1, 0.15) is 25.0 Å². The molecule has 0 fully saturated rings. The zero-order valence-electron chi connectivity index (χ0n) is 11.2. The van der Waals surface area contributed by atoms with Crippen molar-refractivity contribution in [2.45, 2.75) is 19.5 Å². The number of hydrogen-bond donors (Lipinski definition) is 0. The average molecular weight is 264 g/mol. The first-order valence-corrected chi connectivity index (χ1v) is 6.36. The maximum atomic E-state index is 10.8. The van der Waals surface area contributed by atoms with Crippen molar-refractivity contribution in [3.8, 4) is 0 Å². The van der Waals surface area contributed by atoms with Crippen molar-refractivity contribution < 1.29 is 9.59 Å². The summed E-state index contributed by atoms with van der Waals surface area (Å²) in [6, 6.07) is 7.86. The molecule has 0 aromatic heterocycles. The number of allylic oxidation sites excluding steroid dienone is 2. The minimum Gasteiger partial charge on any atom is -0.211 e. The Kier molecular flexibility index (Phi) is 2.65. The van der Waals surface area contributed by atoms with E-state index in [1.54, 1.807) is 6.08 Å². The monoisotopic (exact) mass is 264 g/mol. The summed E-state index contributed by atoms with van der Waals surface area (Å²) < 4.78 is 0. The molecule has 0 heterocycles. The molecule has 3 rings (SSSR count). The van der Waals surface area contributed by atoms with Gasteiger partial charge in [-0.2, -0.15) is 9.98 Å². The number of fused-ring (bicyclic) bond motifs is 3. The van der Waals surface area contributed by atoms with Crippen molar-refractivity contribution in [2.75, 3.05) is 0 Å². The van der Waals surface area contributed by atoms with Crippen molar-refractivity contribution in [3.05, 3.63) is 47.0 Å². The van der Waals surface area contributed by atoms with Crippen LogP contribution in [0, 0.1) is 5.92 Å². The van der Waals surface area contributed by atoms with Crippen LogP contribution in [-0.2, 0) is 9.59 Å². The molecule has 2 aliphatic rings. The second kappa shape index (κ2) is 4.24. The van der Waals surface area contributed by atoms with Gasteiger partial charge in [0.2, 0.25) is 17.8 Å². The maximum absolute atomic E-state index is 10.8. The van der Waals surface area contributed by atoms with Crippen LogP contribution in [0.3, 0.4) is 0 Å². The molecule has 1 atom stereocenters. The number of hydrogen-bond acceptors (Lipinski definition) is 4. The molecular formula is C16H12N2O2. The Morgan fingerprint density at radius 3 is 2.30 bits per heavy atom. The first-order chi connectivity index (χ1) is 9.64. The summed E-state index contributed by atoms with van der Waals surface area (Å²) in [5.74, 6) is 0.219. The smallest absolute Gasteiger partial charge is 0.211 e. The first kappa shape index (κ1) is 12.5. The van der Waals surface area contributed by atoms with Crippen LogP contribution in [0.15, 0.2) is 45.9 Å². The van der Waals surface area contributed by atoms with Gasteiger partial charge >= 0.3 is 0 Å². The van der Waals surface area contributed by atoms with Gasteiger partial charge in [0.05, 0.1) is 0 Å². The molecule has 1 aromatic carbocycles. The average Bonchev–Trinajstić information content (AvgIpc) is 2.39. The van der Waals surface area contributed by atoms with Gasteiger partial charge in [-0.1, -0.05) is 36.8 Å². The van der Waals surface area contributed by atoms with Gasteiger partial charge in [0.1, 0.15) is 0 Å². The Labute approximate surface area is 116 Å². The number of nitrogens with zero attached hydrogens (tertiary/aromatic N) is 2. The van der Waals surface area contributed by atoms with E-state index in [9.17, 15) is 9.59 Å². The number of benzene rings is 1. The van der Waals surface area contributed by atoms with Gasteiger partial charge in [0.25, 0.3) is 0 Å². The predicted octanol–water partition coefficient (Wildman–Crippen LogP) is 2.87. The van der Waals surface area contributed by atoms with E-state index in [1.807, 2.05) is 31.2 Å². The SMILES string of the molecule is CC1=CC(N=C=O)(N=C=O)C2=C(c3ccccc32)C1C. The van der Waals surface area contributed by atoms with Crippen molar-refractivity contribution >= 4 is 23.3 Å². The lowest BCUT2D eigenvalue weighted by Crippen LogP contribution is -2.34. The lowest BCUT2D eigenvalue weighted by molar-refractivity contribution is 0.544. The molecule has 4 nitrogen and oxygen atoms in total. The lowest BCUT2D eigenvalue weighted by Gasteiger charge is -2.41. The van der Waals surface area contributed by atoms with Gasteiger partial charge in [0, 0.05) is 11.5 Å². The molecule has 0 saturated carbocycles. The molecule has 1 unspecified atom stereocenters. The summed E-state index contributed by atoms with van der Waals surface area (Å²) in [6.45, 7) is 4.04. The molecule has 0 amide bonds. The zero-order chi connectivity index (χ0) is 14.3. The fourth-order valence-corrected chi connectivity index (χ4v) is 3.08. The summed E-state index contributed by atoms with van der Waals surface area (Å²) in [5, 5.41) is 0. The minimum atomic E-state index is -1.29. The van der Waals surface area contributed by atoms with Crippen LogP contribution in [-0.4, -0.2) is 17.8 Å². The summed E-state index contributed by atoms with van der Waals surface area (Å²) in [7, 11) is 0. The minimum absolute atomic E-state index is 0.219. The van der Waals surface area contributed by atoms with Gasteiger partial charge in [-0.15, -0.1) is 0 Å². The highest BCUT2D eigenvalue weighted by molar-refractivity contribution is 6.10. The topological polar surface area (TPSA) is 58.9 Å². The van der Waals surface area contributed by atoms with E-state index in [0.717, 1.165) is 27.8 Å². The van der Waals surface area contributed by atoms with Crippen molar-refractivity contribution in [3.63, 3.8) is 0 Å². The molecule has 0 saturated heterocycles. The third-order valence-corrected chi connectivity index (χ3v) is 4.10. The number of carbonyl (C=O) groups excluding carboxylic acids is 2. The quantitative estimate of drug-likeness (QED) is 0.468. The number of aliphatic imine (C=N–C) groups is 2.